The van der Waals surface area contributed by atoms with Gasteiger partial charge in [0.05, 0.1) is 5.92 Å². The summed E-state index contributed by atoms with van der Waals surface area (Å²) in [4.78, 5) is 23.1. The molecule has 0 radical (unpaired) electrons. The van der Waals surface area contributed by atoms with Crippen LogP contribution in [0.3, 0.4) is 0 Å². The molecule has 2 aromatic rings. The number of amides is 1. The molecule has 1 fully saturated rings. The smallest absolute Gasteiger partial charge is 0.316 e. The number of ether oxygens (including phenoxy) is 1. The molecule has 132 valence electrons. The maximum atomic E-state index is 13.0. The summed E-state index contributed by atoms with van der Waals surface area (Å²) in [6, 6.07) is 2.16. The summed E-state index contributed by atoms with van der Waals surface area (Å²) in [5, 5.41) is 11.8. The van der Waals surface area contributed by atoms with E-state index in [0.29, 0.717) is 24.9 Å². The van der Waals surface area contributed by atoms with Gasteiger partial charge in [-0.25, -0.2) is 14.6 Å². The van der Waals surface area contributed by atoms with Gasteiger partial charge in [0.15, 0.2) is 5.82 Å². The van der Waals surface area contributed by atoms with E-state index in [-0.39, 0.29) is 17.9 Å². The summed E-state index contributed by atoms with van der Waals surface area (Å²) in [6.07, 6.45) is 7.76. The fourth-order valence-corrected chi connectivity index (χ4v) is 3.50. The number of tetrazole rings is 1. The fraction of sp³-hybridized carbons (Fsp3) is 0.625. The molecule has 0 saturated carbocycles. The van der Waals surface area contributed by atoms with Gasteiger partial charge in [-0.1, -0.05) is 6.42 Å². The molecule has 0 aliphatic carbocycles. The molecule has 9 nitrogen and oxygen atoms in total. The molecule has 2 aromatic heterocycles. The van der Waals surface area contributed by atoms with E-state index in [0.717, 1.165) is 38.6 Å². The van der Waals surface area contributed by atoms with E-state index in [1.54, 1.807) is 23.1 Å². The average Bonchev–Trinajstić information content (AvgIpc) is 3.02. The number of nitrogens with zero attached hydrogens (tertiary/aromatic N) is 7. The molecule has 0 spiro atoms. The first-order valence-corrected chi connectivity index (χ1v) is 8.80. The predicted octanol–water partition coefficient (Wildman–Crippen LogP) is 0.801. The van der Waals surface area contributed by atoms with Gasteiger partial charge in [-0.3, -0.25) is 4.79 Å². The van der Waals surface area contributed by atoms with Gasteiger partial charge in [-0.2, -0.15) is 0 Å². The number of carbonyl (C=O) groups excluding carboxylic acids is 1. The molecule has 1 atom stereocenters. The Labute approximate surface area is 145 Å². The minimum absolute atomic E-state index is 0.0471. The molecule has 4 heterocycles. The number of aryl methyl sites for hydroxylation is 1. The Balaban J connectivity index is 1.37. The van der Waals surface area contributed by atoms with Crippen molar-refractivity contribution in [1.29, 1.82) is 0 Å². The van der Waals surface area contributed by atoms with Gasteiger partial charge in [0, 0.05) is 44.9 Å². The molecule has 25 heavy (non-hydrogen) atoms. The van der Waals surface area contributed by atoms with Gasteiger partial charge in [-0.15, -0.1) is 5.10 Å². The lowest BCUT2D eigenvalue weighted by molar-refractivity contribution is -0.135. The number of aromatic nitrogens is 6. The molecule has 0 N–H and O–H groups in total. The van der Waals surface area contributed by atoms with E-state index in [1.807, 2.05) is 4.90 Å². The van der Waals surface area contributed by atoms with Crippen molar-refractivity contribution in [3.8, 4) is 6.01 Å². The van der Waals surface area contributed by atoms with Crippen LogP contribution in [0.15, 0.2) is 18.5 Å². The first-order chi connectivity index (χ1) is 12.3. The average molecular weight is 343 g/mol. The summed E-state index contributed by atoms with van der Waals surface area (Å²) >= 11 is 0. The van der Waals surface area contributed by atoms with Crippen molar-refractivity contribution in [1.82, 2.24) is 35.1 Å². The number of carbonyl (C=O) groups is 1. The normalized spacial score (nSPS) is 21.4. The second kappa shape index (κ2) is 7.12. The van der Waals surface area contributed by atoms with Crippen LogP contribution in [0.25, 0.3) is 0 Å². The highest BCUT2D eigenvalue weighted by molar-refractivity contribution is 5.83. The molecule has 0 aromatic carbocycles. The number of piperidine rings is 1. The SMILES string of the molecule is O=C([C@@H]1CCCCn2nnnc21)N1CCC(Oc2ncccn2)CC1. The molecule has 1 amide bonds. The standard InChI is InChI=1S/C16H21N7O2/c24-15(13-4-1-2-9-23-14(13)19-20-21-23)22-10-5-12(6-11-22)25-16-17-7-3-8-18-16/h3,7-8,12-13H,1-2,4-6,9-11H2/t13-/m1/s1. The van der Waals surface area contributed by atoms with E-state index in [1.165, 1.54) is 0 Å². The Morgan fingerprint density at radius 1 is 1.08 bits per heavy atom. The number of likely N-dealkylation sites (tertiary alicyclic amines) is 1. The van der Waals surface area contributed by atoms with Crippen molar-refractivity contribution < 1.29 is 9.53 Å². The predicted molar refractivity (Wildman–Crippen MR) is 86.7 cm³/mol. The minimum atomic E-state index is -0.229. The van der Waals surface area contributed by atoms with Gasteiger partial charge < -0.3 is 9.64 Å². The third kappa shape index (κ3) is 3.45. The summed E-state index contributed by atoms with van der Waals surface area (Å²) in [5.41, 5.74) is 0. The largest absolute Gasteiger partial charge is 0.460 e. The van der Waals surface area contributed by atoms with Gasteiger partial charge >= 0.3 is 6.01 Å². The maximum absolute atomic E-state index is 13.0. The molecule has 2 aliphatic heterocycles. The third-order valence-corrected chi connectivity index (χ3v) is 4.85. The lowest BCUT2D eigenvalue weighted by atomic mass is 9.98. The van der Waals surface area contributed by atoms with Crippen LogP contribution < -0.4 is 4.74 Å². The first kappa shape index (κ1) is 15.9. The summed E-state index contributed by atoms with van der Waals surface area (Å²) in [5.74, 6) is 0.610. The highest BCUT2D eigenvalue weighted by Crippen LogP contribution is 2.27. The van der Waals surface area contributed by atoms with E-state index in [4.69, 9.17) is 4.74 Å². The van der Waals surface area contributed by atoms with E-state index in [9.17, 15) is 4.79 Å². The zero-order chi connectivity index (χ0) is 17.1. The van der Waals surface area contributed by atoms with Crippen LogP contribution in [-0.4, -0.2) is 60.2 Å². The Bertz CT molecular complexity index is 712. The Hall–Kier alpha value is -2.58. The summed E-state index contributed by atoms with van der Waals surface area (Å²) in [6.45, 7) is 2.14. The highest BCUT2D eigenvalue weighted by atomic mass is 16.5. The summed E-state index contributed by atoms with van der Waals surface area (Å²) in [7, 11) is 0. The lowest BCUT2D eigenvalue weighted by Crippen LogP contribution is -2.44. The van der Waals surface area contributed by atoms with Crippen molar-refractivity contribution in [2.45, 2.75) is 50.7 Å². The number of fused-ring (bicyclic) bond motifs is 1. The first-order valence-electron chi connectivity index (χ1n) is 8.80. The third-order valence-electron chi connectivity index (χ3n) is 4.85. The van der Waals surface area contributed by atoms with Crippen LogP contribution in [0, 0.1) is 0 Å². The van der Waals surface area contributed by atoms with Crippen LogP contribution in [-0.2, 0) is 11.3 Å². The van der Waals surface area contributed by atoms with Gasteiger partial charge in [0.2, 0.25) is 5.91 Å². The topological polar surface area (TPSA) is 98.9 Å². The monoisotopic (exact) mass is 343 g/mol. The van der Waals surface area contributed by atoms with Crippen LogP contribution in [0.2, 0.25) is 0 Å². The second-order valence-electron chi connectivity index (χ2n) is 6.48. The van der Waals surface area contributed by atoms with Crippen molar-refractivity contribution in [3.05, 3.63) is 24.3 Å². The number of hydrogen-bond acceptors (Lipinski definition) is 7. The van der Waals surface area contributed by atoms with Gasteiger partial charge in [0.1, 0.15) is 6.10 Å². The zero-order valence-electron chi connectivity index (χ0n) is 14.0. The van der Waals surface area contributed by atoms with Gasteiger partial charge in [-0.05, 0) is 29.3 Å². The second-order valence-corrected chi connectivity index (χ2v) is 6.48. The Morgan fingerprint density at radius 3 is 2.68 bits per heavy atom. The molecular weight excluding hydrogens is 322 g/mol. The van der Waals surface area contributed by atoms with Crippen LogP contribution in [0.5, 0.6) is 6.01 Å². The molecular formula is C16H21N7O2. The molecule has 2 aliphatic rings. The van der Waals surface area contributed by atoms with Crippen LogP contribution in [0.1, 0.15) is 43.8 Å². The molecule has 0 bridgehead atoms. The zero-order valence-corrected chi connectivity index (χ0v) is 14.0. The van der Waals surface area contributed by atoms with E-state index in [2.05, 4.69) is 25.5 Å². The molecule has 1 saturated heterocycles. The van der Waals surface area contributed by atoms with Crippen molar-refractivity contribution in [3.63, 3.8) is 0 Å². The van der Waals surface area contributed by atoms with Crippen LogP contribution >= 0.6 is 0 Å². The fourth-order valence-electron chi connectivity index (χ4n) is 3.50. The highest BCUT2D eigenvalue weighted by Gasteiger charge is 2.34. The Morgan fingerprint density at radius 2 is 1.88 bits per heavy atom. The number of hydrogen-bond donors (Lipinski definition) is 0. The molecule has 9 heteroatoms. The number of rotatable bonds is 3. The maximum Gasteiger partial charge on any atom is 0.316 e. The summed E-state index contributed by atoms with van der Waals surface area (Å²) < 4.78 is 7.57. The quantitative estimate of drug-likeness (QED) is 0.813. The molecule has 4 rings (SSSR count). The van der Waals surface area contributed by atoms with Crippen molar-refractivity contribution in [2.24, 2.45) is 0 Å². The Kier molecular flexibility index (Phi) is 4.53. The van der Waals surface area contributed by atoms with Gasteiger partial charge in [0.25, 0.3) is 0 Å². The van der Waals surface area contributed by atoms with Crippen molar-refractivity contribution >= 4 is 5.91 Å². The van der Waals surface area contributed by atoms with E-state index < -0.39 is 0 Å². The lowest BCUT2D eigenvalue weighted by Gasteiger charge is -2.33. The van der Waals surface area contributed by atoms with Crippen molar-refractivity contribution in [2.75, 3.05) is 13.1 Å². The molecule has 0 unspecified atom stereocenters. The minimum Gasteiger partial charge on any atom is -0.460 e. The van der Waals surface area contributed by atoms with Crippen LogP contribution in [0.4, 0.5) is 0 Å². The van der Waals surface area contributed by atoms with E-state index >= 15 is 0 Å².